The quantitative estimate of drug-likeness (QED) is 0.768. The molecule has 0 saturated heterocycles. The number of hydrogen-bond donors (Lipinski definition) is 1. The van der Waals surface area contributed by atoms with Gasteiger partial charge in [-0.05, 0) is 20.8 Å². The van der Waals surface area contributed by atoms with Crippen molar-refractivity contribution in [2.24, 2.45) is 0 Å². The zero-order valence-corrected chi connectivity index (χ0v) is 8.11. The number of aliphatic carboxylic acids is 1. The number of carbonyl (C=O) groups is 1. The van der Waals surface area contributed by atoms with E-state index >= 15 is 0 Å². The normalized spacial score (nSPS) is 10.8. The van der Waals surface area contributed by atoms with Gasteiger partial charge < -0.3 is 9.67 Å². The number of aryl methyl sites for hydroxylation is 1. The molecule has 0 aliphatic carbocycles. The summed E-state index contributed by atoms with van der Waals surface area (Å²) in [5.74, 6) is 0.0491. The van der Waals surface area contributed by atoms with Gasteiger partial charge in [-0.15, -0.1) is 0 Å². The van der Waals surface area contributed by atoms with Gasteiger partial charge in [0.2, 0.25) is 0 Å². The van der Waals surface area contributed by atoms with E-state index in [0.717, 1.165) is 11.5 Å². The van der Waals surface area contributed by atoms with Crippen LogP contribution in [0.2, 0.25) is 0 Å². The highest BCUT2D eigenvalue weighted by molar-refractivity contribution is 5.69. The molecule has 1 rings (SSSR count). The molecule has 0 atom stereocenters. The number of imidazole rings is 1. The predicted octanol–water partition coefficient (Wildman–Crippen LogP) is 1.40. The Balaban J connectivity index is 3.00. The molecule has 0 aromatic carbocycles. The highest BCUT2D eigenvalue weighted by Crippen LogP contribution is 2.13. The molecule has 0 aliphatic rings. The fourth-order valence-corrected chi connectivity index (χ4v) is 1.49. The smallest absolute Gasteiger partial charge is 0.309 e. The molecule has 1 aromatic rings. The Labute approximate surface area is 77.2 Å². The van der Waals surface area contributed by atoms with Crippen molar-refractivity contribution in [3.63, 3.8) is 0 Å². The molecule has 0 fully saturated rings. The first kappa shape index (κ1) is 9.77. The van der Waals surface area contributed by atoms with Crippen LogP contribution in [0.1, 0.15) is 31.4 Å². The molecular weight excluding hydrogens is 168 g/mol. The zero-order chi connectivity index (χ0) is 10.0. The summed E-state index contributed by atoms with van der Waals surface area (Å²) in [6.07, 6.45) is 1.67. The van der Waals surface area contributed by atoms with Gasteiger partial charge in [0.25, 0.3) is 0 Å². The average Bonchev–Trinajstić information content (AvgIpc) is 2.30. The van der Waals surface area contributed by atoms with Crippen molar-refractivity contribution in [3.05, 3.63) is 17.7 Å². The first-order valence-corrected chi connectivity index (χ1v) is 4.27. The van der Waals surface area contributed by atoms with Crippen LogP contribution >= 0.6 is 0 Å². The Morgan fingerprint density at radius 2 is 2.31 bits per heavy atom. The number of nitrogens with zero attached hydrogens (tertiary/aromatic N) is 2. The third-order valence-electron chi connectivity index (χ3n) is 1.91. The molecule has 72 valence electrons. The van der Waals surface area contributed by atoms with Crippen LogP contribution in [0.4, 0.5) is 0 Å². The molecule has 13 heavy (non-hydrogen) atoms. The molecule has 0 bridgehead atoms. The van der Waals surface area contributed by atoms with E-state index in [9.17, 15) is 4.79 Å². The summed E-state index contributed by atoms with van der Waals surface area (Å²) < 4.78 is 1.94. The molecule has 0 unspecified atom stereocenters. The van der Waals surface area contributed by atoms with E-state index in [1.54, 1.807) is 6.20 Å². The van der Waals surface area contributed by atoms with Crippen molar-refractivity contribution in [1.82, 2.24) is 9.55 Å². The summed E-state index contributed by atoms with van der Waals surface area (Å²) in [6.45, 7) is 5.91. The summed E-state index contributed by atoms with van der Waals surface area (Å²) >= 11 is 0. The molecule has 4 heteroatoms. The average molecular weight is 182 g/mol. The standard InChI is InChI=1S/C9H14N2O2/c1-6(2)11-7(3)10-5-8(11)4-9(12)13/h5-6H,4H2,1-3H3,(H,12,13). The molecule has 4 nitrogen and oxygen atoms in total. The fourth-order valence-electron chi connectivity index (χ4n) is 1.49. The van der Waals surface area contributed by atoms with Crippen molar-refractivity contribution in [2.75, 3.05) is 0 Å². The molecule has 0 saturated carbocycles. The third-order valence-corrected chi connectivity index (χ3v) is 1.91. The maximum Gasteiger partial charge on any atom is 0.309 e. The first-order chi connectivity index (χ1) is 6.02. The molecule has 0 radical (unpaired) electrons. The summed E-state index contributed by atoms with van der Waals surface area (Å²) in [5.41, 5.74) is 0.764. The predicted molar refractivity (Wildman–Crippen MR) is 48.7 cm³/mol. The maximum atomic E-state index is 10.5. The molecule has 0 spiro atoms. The lowest BCUT2D eigenvalue weighted by Crippen LogP contribution is -2.11. The van der Waals surface area contributed by atoms with Gasteiger partial charge in [0, 0.05) is 17.9 Å². The van der Waals surface area contributed by atoms with Crippen molar-refractivity contribution in [3.8, 4) is 0 Å². The third kappa shape index (κ3) is 2.08. The fraction of sp³-hybridized carbons (Fsp3) is 0.556. The topological polar surface area (TPSA) is 55.1 Å². The van der Waals surface area contributed by atoms with E-state index in [-0.39, 0.29) is 12.5 Å². The van der Waals surface area contributed by atoms with E-state index < -0.39 is 5.97 Å². The largest absolute Gasteiger partial charge is 0.481 e. The molecular formula is C9H14N2O2. The Morgan fingerprint density at radius 3 is 2.77 bits per heavy atom. The minimum atomic E-state index is -0.818. The van der Waals surface area contributed by atoms with Crippen molar-refractivity contribution in [1.29, 1.82) is 0 Å². The molecule has 1 heterocycles. The van der Waals surface area contributed by atoms with Gasteiger partial charge in [-0.25, -0.2) is 4.98 Å². The monoisotopic (exact) mass is 182 g/mol. The molecule has 1 N–H and O–H groups in total. The zero-order valence-electron chi connectivity index (χ0n) is 8.11. The van der Waals surface area contributed by atoms with E-state index in [4.69, 9.17) is 5.11 Å². The second kappa shape index (κ2) is 3.60. The van der Waals surface area contributed by atoms with Gasteiger partial charge in [-0.3, -0.25) is 4.79 Å². The maximum absolute atomic E-state index is 10.5. The number of carboxylic acid groups (broad SMARTS) is 1. The lowest BCUT2D eigenvalue weighted by atomic mass is 10.3. The lowest BCUT2D eigenvalue weighted by molar-refractivity contribution is -0.136. The summed E-state index contributed by atoms with van der Waals surface area (Å²) in [4.78, 5) is 14.6. The first-order valence-electron chi connectivity index (χ1n) is 4.27. The van der Waals surface area contributed by atoms with Crippen LogP contribution in [-0.2, 0) is 11.2 Å². The minimum absolute atomic E-state index is 0.0407. The Hall–Kier alpha value is -1.32. The van der Waals surface area contributed by atoms with Crippen molar-refractivity contribution in [2.45, 2.75) is 33.2 Å². The van der Waals surface area contributed by atoms with Crippen molar-refractivity contribution < 1.29 is 9.90 Å². The van der Waals surface area contributed by atoms with Crippen LogP contribution in [0.15, 0.2) is 6.20 Å². The van der Waals surface area contributed by atoms with Crippen LogP contribution in [0.3, 0.4) is 0 Å². The van der Waals surface area contributed by atoms with E-state index in [1.807, 2.05) is 25.3 Å². The van der Waals surface area contributed by atoms with Crippen molar-refractivity contribution >= 4 is 5.97 Å². The summed E-state index contributed by atoms with van der Waals surface area (Å²) in [7, 11) is 0. The number of hydrogen-bond acceptors (Lipinski definition) is 2. The SMILES string of the molecule is Cc1ncc(CC(=O)O)n1C(C)C. The highest BCUT2D eigenvalue weighted by atomic mass is 16.4. The number of aromatic nitrogens is 2. The molecule has 0 amide bonds. The van der Waals surface area contributed by atoms with Gasteiger partial charge in [0.1, 0.15) is 5.82 Å². The summed E-state index contributed by atoms with van der Waals surface area (Å²) in [6, 6.07) is 0.261. The van der Waals surface area contributed by atoms with Gasteiger partial charge in [-0.1, -0.05) is 0 Å². The van der Waals surface area contributed by atoms with Gasteiger partial charge >= 0.3 is 5.97 Å². The number of carboxylic acids is 1. The van der Waals surface area contributed by atoms with E-state index in [2.05, 4.69) is 4.98 Å². The van der Waals surface area contributed by atoms with Gasteiger partial charge in [0.15, 0.2) is 0 Å². The van der Waals surface area contributed by atoms with Crippen LogP contribution in [-0.4, -0.2) is 20.6 Å². The minimum Gasteiger partial charge on any atom is -0.481 e. The second-order valence-corrected chi connectivity index (χ2v) is 3.33. The highest BCUT2D eigenvalue weighted by Gasteiger charge is 2.11. The Kier molecular flexibility index (Phi) is 2.70. The number of rotatable bonds is 3. The van der Waals surface area contributed by atoms with E-state index in [1.165, 1.54) is 0 Å². The van der Waals surface area contributed by atoms with E-state index in [0.29, 0.717) is 0 Å². The second-order valence-electron chi connectivity index (χ2n) is 3.33. The Bertz CT molecular complexity index is 315. The molecule has 0 aliphatic heterocycles. The Morgan fingerprint density at radius 1 is 1.69 bits per heavy atom. The van der Waals surface area contributed by atoms with Crippen LogP contribution in [0.25, 0.3) is 0 Å². The van der Waals surface area contributed by atoms with Crippen LogP contribution in [0, 0.1) is 6.92 Å². The van der Waals surface area contributed by atoms with Gasteiger partial charge in [0.05, 0.1) is 6.42 Å². The van der Waals surface area contributed by atoms with Gasteiger partial charge in [-0.2, -0.15) is 0 Å². The van der Waals surface area contributed by atoms with Crippen LogP contribution < -0.4 is 0 Å². The van der Waals surface area contributed by atoms with Crippen LogP contribution in [0.5, 0.6) is 0 Å². The molecule has 1 aromatic heterocycles. The summed E-state index contributed by atoms with van der Waals surface area (Å²) in [5, 5.41) is 8.64. The lowest BCUT2D eigenvalue weighted by Gasteiger charge is -2.12.